The molecule has 0 N–H and O–H groups in total. The molecule has 6 nitrogen and oxygen atoms in total. The summed E-state index contributed by atoms with van der Waals surface area (Å²) in [6.45, 7) is 10.1. The first-order valence-corrected chi connectivity index (χ1v) is 8.35. The number of amides is 1. The predicted octanol–water partition coefficient (Wildman–Crippen LogP) is 1.79. The molecular formula is C17H25N3O3. The van der Waals surface area contributed by atoms with Crippen LogP contribution < -0.4 is 0 Å². The van der Waals surface area contributed by atoms with Crippen LogP contribution in [0.1, 0.15) is 35.9 Å². The molecule has 3 rings (SSSR count). The molecule has 6 heteroatoms. The minimum Gasteiger partial charge on any atom is -0.373 e. The lowest BCUT2D eigenvalue weighted by Gasteiger charge is -2.32. The summed E-state index contributed by atoms with van der Waals surface area (Å²) < 4.78 is 13.5. The molecule has 1 aromatic rings. The van der Waals surface area contributed by atoms with Crippen molar-refractivity contribution in [1.82, 2.24) is 14.7 Å². The second-order valence-electron chi connectivity index (χ2n) is 6.15. The lowest BCUT2D eigenvalue weighted by molar-refractivity contribution is -0.0708. The van der Waals surface area contributed by atoms with E-state index in [1.54, 1.807) is 10.8 Å². The Morgan fingerprint density at radius 3 is 3.17 bits per heavy atom. The number of hydrogen-bond acceptors (Lipinski definition) is 4. The quantitative estimate of drug-likeness (QED) is 0.777. The van der Waals surface area contributed by atoms with Crippen LogP contribution in [0.25, 0.3) is 0 Å². The van der Waals surface area contributed by atoms with Gasteiger partial charge in [-0.2, -0.15) is 5.10 Å². The first-order valence-electron chi connectivity index (χ1n) is 8.35. The highest BCUT2D eigenvalue weighted by atomic mass is 16.5. The third-order valence-electron chi connectivity index (χ3n) is 4.59. The number of aromatic nitrogens is 2. The number of hydrogen-bond donors (Lipinski definition) is 0. The summed E-state index contributed by atoms with van der Waals surface area (Å²) in [6.07, 6.45) is 3.56. The molecular weight excluding hydrogens is 294 g/mol. The van der Waals surface area contributed by atoms with Gasteiger partial charge in [0.05, 0.1) is 24.9 Å². The van der Waals surface area contributed by atoms with Gasteiger partial charge in [0.2, 0.25) is 0 Å². The Morgan fingerprint density at radius 1 is 1.61 bits per heavy atom. The van der Waals surface area contributed by atoms with E-state index in [1.165, 1.54) is 0 Å². The Morgan fingerprint density at radius 2 is 2.43 bits per heavy atom. The Kier molecular flexibility index (Phi) is 4.82. The van der Waals surface area contributed by atoms with Crippen molar-refractivity contribution in [1.29, 1.82) is 0 Å². The molecule has 2 aliphatic rings. The number of nitrogens with zero attached hydrogens (tertiary/aromatic N) is 3. The molecule has 3 atom stereocenters. The van der Waals surface area contributed by atoms with Crippen LogP contribution in [0.2, 0.25) is 0 Å². The van der Waals surface area contributed by atoms with E-state index in [1.807, 2.05) is 24.8 Å². The van der Waals surface area contributed by atoms with Gasteiger partial charge in [0, 0.05) is 13.2 Å². The van der Waals surface area contributed by atoms with Gasteiger partial charge < -0.3 is 14.4 Å². The van der Waals surface area contributed by atoms with Crippen molar-refractivity contribution in [2.75, 3.05) is 19.8 Å². The van der Waals surface area contributed by atoms with Crippen LogP contribution in [0.5, 0.6) is 0 Å². The Balaban J connectivity index is 1.82. The zero-order chi connectivity index (χ0) is 16.4. The van der Waals surface area contributed by atoms with Gasteiger partial charge in [-0.3, -0.25) is 9.48 Å². The third kappa shape index (κ3) is 3.05. The van der Waals surface area contributed by atoms with Gasteiger partial charge in [0.15, 0.2) is 0 Å². The normalized spacial score (nSPS) is 27.0. The molecule has 126 valence electrons. The zero-order valence-corrected chi connectivity index (χ0v) is 13.9. The van der Waals surface area contributed by atoms with E-state index in [-0.39, 0.29) is 24.2 Å². The number of likely N-dealkylation sites (tertiary alicyclic amines) is 1. The molecule has 2 fully saturated rings. The van der Waals surface area contributed by atoms with Crippen LogP contribution in [0.15, 0.2) is 18.7 Å². The number of aryl methyl sites for hydroxylation is 2. The van der Waals surface area contributed by atoms with Gasteiger partial charge in [-0.25, -0.2) is 0 Å². The van der Waals surface area contributed by atoms with Crippen LogP contribution >= 0.6 is 0 Å². The molecule has 0 unspecified atom stereocenters. The van der Waals surface area contributed by atoms with E-state index in [0.29, 0.717) is 25.4 Å². The zero-order valence-electron chi connectivity index (χ0n) is 13.9. The van der Waals surface area contributed by atoms with Crippen LogP contribution in [0.4, 0.5) is 0 Å². The maximum atomic E-state index is 13.0. The molecule has 0 saturated carbocycles. The Bertz CT molecular complexity index is 584. The van der Waals surface area contributed by atoms with E-state index < -0.39 is 0 Å². The fourth-order valence-electron chi connectivity index (χ4n) is 3.59. The summed E-state index contributed by atoms with van der Waals surface area (Å²) >= 11 is 0. The molecule has 1 aromatic heterocycles. The van der Waals surface area contributed by atoms with Crippen molar-refractivity contribution in [2.45, 2.75) is 51.5 Å². The molecule has 0 aromatic carbocycles. The van der Waals surface area contributed by atoms with Crippen molar-refractivity contribution < 1.29 is 14.3 Å². The van der Waals surface area contributed by atoms with Crippen molar-refractivity contribution in [2.24, 2.45) is 0 Å². The standard InChI is InChI=1S/C17H25N3O3/c1-4-8-22-15-11-19(13-7-6-9-23-16(13)15)17(21)14-10-12(3)18-20(14)5-2/h4,10,13,15-16H,1,5-9,11H2,2-3H3/t13-,15-,16+/m0/s1. The van der Waals surface area contributed by atoms with E-state index >= 15 is 0 Å². The van der Waals surface area contributed by atoms with Crippen LogP contribution in [-0.2, 0) is 16.0 Å². The summed E-state index contributed by atoms with van der Waals surface area (Å²) in [5, 5.41) is 4.39. The van der Waals surface area contributed by atoms with Gasteiger partial charge >= 0.3 is 0 Å². The minimum atomic E-state index is -0.0821. The van der Waals surface area contributed by atoms with E-state index in [4.69, 9.17) is 9.47 Å². The maximum Gasteiger partial charge on any atom is 0.272 e. The molecule has 0 radical (unpaired) electrons. The van der Waals surface area contributed by atoms with Crippen molar-refractivity contribution in [3.05, 3.63) is 30.1 Å². The third-order valence-corrected chi connectivity index (χ3v) is 4.59. The van der Waals surface area contributed by atoms with Crippen LogP contribution in [-0.4, -0.2) is 58.6 Å². The van der Waals surface area contributed by atoms with Gasteiger partial charge in [-0.05, 0) is 32.8 Å². The smallest absolute Gasteiger partial charge is 0.272 e. The van der Waals surface area contributed by atoms with Crippen molar-refractivity contribution in [3.63, 3.8) is 0 Å². The SMILES string of the molecule is C=CCO[C@H]1CN(C(=O)c2cc(C)nn2CC)[C@H]2CCCO[C@@H]12. The topological polar surface area (TPSA) is 56.6 Å². The van der Waals surface area contributed by atoms with Gasteiger partial charge in [0.25, 0.3) is 5.91 Å². The Hall–Kier alpha value is -1.66. The fourth-order valence-corrected chi connectivity index (χ4v) is 3.59. The van der Waals surface area contributed by atoms with Crippen LogP contribution in [0, 0.1) is 6.92 Å². The van der Waals surface area contributed by atoms with Crippen molar-refractivity contribution >= 4 is 5.91 Å². The molecule has 0 spiro atoms. The lowest BCUT2D eigenvalue weighted by atomic mass is 10.0. The van der Waals surface area contributed by atoms with Crippen LogP contribution in [0.3, 0.4) is 0 Å². The largest absolute Gasteiger partial charge is 0.373 e. The number of carbonyl (C=O) groups excluding carboxylic acids is 1. The monoisotopic (exact) mass is 319 g/mol. The number of ether oxygens (including phenoxy) is 2. The predicted molar refractivity (Wildman–Crippen MR) is 86.4 cm³/mol. The van der Waals surface area contributed by atoms with Crippen molar-refractivity contribution in [3.8, 4) is 0 Å². The average Bonchev–Trinajstić information content (AvgIpc) is 3.13. The summed E-state index contributed by atoms with van der Waals surface area (Å²) in [5.41, 5.74) is 1.52. The summed E-state index contributed by atoms with van der Waals surface area (Å²) in [7, 11) is 0. The highest BCUT2D eigenvalue weighted by Gasteiger charge is 2.47. The Labute approximate surface area is 137 Å². The molecule has 0 bridgehead atoms. The average molecular weight is 319 g/mol. The molecule has 23 heavy (non-hydrogen) atoms. The highest BCUT2D eigenvalue weighted by molar-refractivity contribution is 5.93. The van der Waals surface area contributed by atoms with Gasteiger partial charge in [-0.1, -0.05) is 6.08 Å². The second kappa shape index (κ2) is 6.84. The fraction of sp³-hybridized carbons (Fsp3) is 0.647. The molecule has 3 heterocycles. The second-order valence-corrected chi connectivity index (χ2v) is 6.15. The van der Waals surface area contributed by atoms with Gasteiger partial charge in [0.1, 0.15) is 17.9 Å². The summed E-state index contributed by atoms with van der Waals surface area (Å²) in [6, 6.07) is 1.95. The molecule has 1 amide bonds. The summed E-state index contributed by atoms with van der Waals surface area (Å²) in [5.74, 6) is 0.0256. The van der Waals surface area contributed by atoms with E-state index in [0.717, 1.165) is 25.1 Å². The molecule has 2 saturated heterocycles. The molecule has 0 aliphatic carbocycles. The first-order chi connectivity index (χ1) is 11.2. The van der Waals surface area contributed by atoms with E-state index in [9.17, 15) is 4.79 Å². The first kappa shape index (κ1) is 16.2. The lowest BCUT2D eigenvalue weighted by Crippen LogP contribution is -2.44. The number of fused-ring (bicyclic) bond motifs is 1. The number of rotatable bonds is 5. The van der Waals surface area contributed by atoms with E-state index in [2.05, 4.69) is 11.7 Å². The summed E-state index contributed by atoms with van der Waals surface area (Å²) in [4.78, 5) is 15.0. The molecule has 2 aliphatic heterocycles. The van der Waals surface area contributed by atoms with Gasteiger partial charge in [-0.15, -0.1) is 6.58 Å². The minimum absolute atomic E-state index is 0.0256. The highest BCUT2D eigenvalue weighted by Crippen LogP contribution is 2.32. The number of carbonyl (C=O) groups is 1. The maximum absolute atomic E-state index is 13.0.